The summed E-state index contributed by atoms with van der Waals surface area (Å²) in [5.74, 6) is 0. The molecule has 14 heavy (non-hydrogen) atoms. The Morgan fingerprint density at radius 2 is 1.36 bits per heavy atom. The molecule has 0 N–H and O–H groups in total. The van der Waals surface area contributed by atoms with Crippen molar-refractivity contribution in [2.75, 3.05) is 26.9 Å². The van der Waals surface area contributed by atoms with E-state index in [1.165, 1.54) is 0 Å². The van der Waals surface area contributed by atoms with Gasteiger partial charge in [-0.25, -0.2) is 0 Å². The van der Waals surface area contributed by atoms with Gasteiger partial charge in [0.05, 0.1) is 5.33 Å². The topological polar surface area (TPSA) is 40.0 Å². The summed E-state index contributed by atoms with van der Waals surface area (Å²) in [6.45, 7) is 9.44. The molecule has 0 saturated heterocycles. The van der Waals surface area contributed by atoms with E-state index < -0.39 is 8.80 Å². The van der Waals surface area contributed by atoms with Crippen LogP contribution >= 0.6 is 0 Å². The molecule has 0 fully saturated rings. The predicted molar refractivity (Wildman–Crippen MR) is 59.7 cm³/mol. The van der Waals surface area contributed by atoms with Gasteiger partial charge in [0.15, 0.2) is 0 Å². The number of rotatable bonds is 7. The molecule has 0 aliphatic rings. The molecule has 0 saturated carbocycles. The molecule has 0 heterocycles. The Kier molecular flexibility index (Phi) is 6.99. The smallest absolute Gasteiger partial charge is 0.370 e. The van der Waals surface area contributed by atoms with Gasteiger partial charge in [0, 0.05) is 26.9 Å². The van der Waals surface area contributed by atoms with Crippen LogP contribution in [0.4, 0.5) is 0 Å². The van der Waals surface area contributed by atoms with Gasteiger partial charge in [-0.15, -0.1) is 0 Å². The Morgan fingerprint density at radius 1 is 1.00 bits per heavy atom. The Hall–Kier alpha value is -0.233. The lowest BCUT2D eigenvalue weighted by Gasteiger charge is -2.27. The maximum absolute atomic E-state index is 5.63. The second-order valence-corrected chi connectivity index (χ2v) is 5.37. The average Bonchev–Trinajstić information content (AvgIpc) is 2.17. The zero-order valence-corrected chi connectivity index (χ0v) is 10.8. The second kappa shape index (κ2) is 7.11. The summed E-state index contributed by atoms with van der Waals surface area (Å²) in [4.78, 5) is 4.12. The lowest BCUT2D eigenvalue weighted by atomic mass is 10.9. The molecule has 0 atom stereocenters. The number of hydrogen-bond donors (Lipinski definition) is 0. The Labute approximate surface area is 87.6 Å². The van der Waals surface area contributed by atoms with Gasteiger partial charge in [-0.05, 0) is 27.7 Å². The van der Waals surface area contributed by atoms with E-state index in [-0.39, 0.29) is 0 Å². The molecule has 84 valence electrons. The summed E-state index contributed by atoms with van der Waals surface area (Å²) < 4.78 is 16.9. The first-order valence-corrected chi connectivity index (χ1v) is 6.75. The van der Waals surface area contributed by atoms with E-state index in [1.54, 1.807) is 7.05 Å². The molecule has 0 unspecified atom stereocenters. The van der Waals surface area contributed by atoms with Crippen molar-refractivity contribution >= 4 is 14.1 Å². The highest BCUT2D eigenvalue weighted by molar-refractivity contribution is 6.93. The van der Waals surface area contributed by atoms with Gasteiger partial charge in [-0.1, -0.05) is 0 Å². The Bertz CT molecular complexity index is 168. The summed E-state index contributed by atoms with van der Waals surface area (Å²) in [6.07, 6.45) is 0. The molecule has 5 heteroatoms. The first kappa shape index (κ1) is 13.8. The fourth-order valence-corrected chi connectivity index (χ4v) is 3.44. The third-order valence-electron chi connectivity index (χ3n) is 1.78. The summed E-state index contributed by atoms with van der Waals surface area (Å²) in [5.41, 5.74) is 0. The maximum Gasteiger partial charge on any atom is 0.551 e. The van der Waals surface area contributed by atoms with E-state index >= 15 is 0 Å². The largest absolute Gasteiger partial charge is 0.551 e. The van der Waals surface area contributed by atoms with Crippen molar-refractivity contribution in [1.82, 2.24) is 0 Å². The van der Waals surface area contributed by atoms with E-state index in [2.05, 4.69) is 4.99 Å². The summed E-state index contributed by atoms with van der Waals surface area (Å²) >= 11 is 0. The standard InChI is InChI=1S/C9H21NO3Si/c1-6-11-14(12-7-2,13-8-3)9(4)10-5/h6-8H2,1-5H3. The summed E-state index contributed by atoms with van der Waals surface area (Å²) in [6, 6.07) is 0. The van der Waals surface area contributed by atoms with Crippen LogP contribution in [0.15, 0.2) is 4.99 Å². The zero-order chi connectivity index (χ0) is 11.0. The molecule has 0 aromatic heterocycles. The lowest BCUT2D eigenvalue weighted by molar-refractivity contribution is 0.0896. The molecule has 0 aliphatic carbocycles. The number of hydrogen-bond acceptors (Lipinski definition) is 4. The van der Waals surface area contributed by atoms with E-state index in [0.29, 0.717) is 19.8 Å². The molecule has 0 rings (SSSR count). The fraction of sp³-hybridized carbons (Fsp3) is 0.889. The molecule has 0 bridgehead atoms. The van der Waals surface area contributed by atoms with Gasteiger partial charge in [0.2, 0.25) is 0 Å². The highest BCUT2D eigenvalue weighted by Crippen LogP contribution is 2.12. The lowest BCUT2D eigenvalue weighted by Crippen LogP contribution is -2.53. The van der Waals surface area contributed by atoms with Crippen LogP contribution in [0.3, 0.4) is 0 Å². The summed E-state index contributed by atoms with van der Waals surface area (Å²) in [7, 11) is -0.919. The van der Waals surface area contributed by atoms with Crippen LogP contribution in [0.25, 0.3) is 0 Å². The third-order valence-corrected chi connectivity index (χ3v) is 4.90. The maximum atomic E-state index is 5.63. The normalized spacial score (nSPS) is 13.4. The number of nitrogens with zero attached hydrogens (tertiary/aromatic N) is 1. The van der Waals surface area contributed by atoms with Crippen molar-refractivity contribution in [2.24, 2.45) is 4.99 Å². The van der Waals surface area contributed by atoms with Crippen molar-refractivity contribution in [3.63, 3.8) is 0 Å². The first-order chi connectivity index (χ1) is 6.66. The average molecular weight is 219 g/mol. The predicted octanol–water partition coefficient (Wildman–Crippen LogP) is 1.66. The van der Waals surface area contributed by atoms with Crippen LogP contribution in [0.5, 0.6) is 0 Å². The third kappa shape index (κ3) is 3.49. The Balaban J connectivity index is 4.72. The SMILES string of the molecule is CCO[Si](OCC)(OCC)C(C)=NC. The molecule has 0 spiro atoms. The zero-order valence-electron chi connectivity index (χ0n) is 9.79. The minimum Gasteiger partial charge on any atom is -0.370 e. The van der Waals surface area contributed by atoms with Crippen molar-refractivity contribution in [3.8, 4) is 0 Å². The van der Waals surface area contributed by atoms with Crippen LogP contribution in [0, 0.1) is 0 Å². The molecule has 0 aliphatic heterocycles. The summed E-state index contributed by atoms with van der Waals surface area (Å²) in [5, 5.41) is 0.836. The molecular formula is C9H21NO3Si. The molecule has 0 aromatic rings. The van der Waals surface area contributed by atoms with Crippen molar-refractivity contribution in [1.29, 1.82) is 0 Å². The molecule has 0 radical (unpaired) electrons. The number of aliphatic imine (C=N–C) groups is 1. The van der Waals surface area contributed by atoms with Gasteiger partial charge >= 0.3 is 8.80 Å². The highest BCUT2D eigenvalue weighted by atomic mass is 28.4. The van der Waals surface area contributed by atoms with Gasteiger partial charge in [-0.3, -0.25) is 4.99 Å². The minimum atomic E-state index is -2.65. The van der Waals surface area contributed by atoms with E-state index in [4.69, 9.17) is 13.3 Å². The monoisotopic (exact) mass is 219 g/mol. The molecular weight excluding hydrogens is 198 g/mol. The van der Waals surface area contributed by atoms with Crippen molar-refractivity contribution in [2.45, 2.75) is 27.7 Å². The van der Waals surface area contributed by atoms with Gasteiger partial charge in [0.1, 0.15) is 0 Å². The fourth-order valence-electron chi connectivity index (χ4n) is 1.15. The van der Waals surface area contributed by atoms with Crippen LogP contribution in [0.1, 0.15) is 27.7 Å². The molecule has 0 amide bonds. The van der Waals surface area contributed by atoms with Crippen molar-refractivity contribution < 1.29 is 13.3 Å². The van der Waals surface area contributed by atoms with Crippen LogP contribution in [-0.4, -0.2) is 41.0 Å². The van der Waals surface area contributed by atoms with E-state index in [0.717, 1.165) is 5.33 Å². The van der Waals surface area contributed by atoms with Gasteiger partial charge < -0.3 is 13.3 Å². The van der Waals surface area contributed by atoms with Crippen LogP contribution in [0.2, 0.25) is 0 Å². The Morgan fingerprint density at radius 3 is 1.57 bits per heavy atom. The highest BCUT2D eigenvalue weighted by Gasteiger charge is 2.44. The van der Waals surface area contributed by atoms with Crippen LogP contribution in [-0.2, 0) is 13.3 Å². The van der Waals surface area contributed by atoms with Gasteiger partial charge in [-0.2, -0.15) is 0 Å². The van der Waals surface area contributed by atoms with E-state index in [9.17, 15) is 0 Å². The van der Waals surface area contributed by atoms with Gasteiger partial charge in [0.25, 0.3) is 0 Å². The quantitative estimate of drug-likeness (QED) is 0.483. The second-order valence-electron chi connectivity index (χ2n) is 2.66. The van der Waals surface area contributed by atoms with Crippen molar-refractivity contribution in [3.05, 3.63) is 0 Å². The molecule has 4 nitrogen and oxygen atoms in total. The van der Waals surface area contributed by atoms with Crippen LogP contribution < -0.4 is 0 Å². The van der Waals surface area contributed by atoms with E-state index in [1.807, 2.05) is 27.7 Å². The molecule has 0 aromatic carbocycles. The minimum absolute atomic E-state index is 0.582. The first-order valence-electron chi connectivity index (χ1n) is 5.02.